The number of fused-ring (bicyclic) bond motifs is 1. The van der Waals surface area contributed by atoms with Crippen molar-refractivity contribution >= 4 is 5.69 Å². The van der Waals surface area contributed by atoms with Crippen molar-refractivity contribution in [3.8, 4) is 0 Å². The van der Waals surface area contributed by atoms with Crippen molar-refractivity contribution in [2.75, 3.05) is 18.0 Å². The lowest BCUT2D eigenvalue weighted by Gasteiger charge is -2.33. The second-order valence-corrected chi connectivity index (χ2v) is 5.53. The van der Waals surface area contributed by atoms with Crippen LogP contribution in [0, 0.1) is 5.92 Å². The van der Waals surface area contributed by atoms with Crippen LogP contribution in [0.5, 0.6) is 0 Å². The number of hydrogen-bond acceptors (Lipinski definition) is 2. The second-order valence-electron chi connectivity index (χ2n) is 5.53. The summed E-state index contributed by atoms with van der Waals surface area (Å²) >= 11 is 0. The number of nitrogens with zero attached hydrogens (tertiary/aromatic N) is 1. The van der Waals surface area contributed by atoms with Gasteiger partial charge in [0, 0.05) is 24.8 Å². The van der Waals surface area contributed by atoms with Crippen molar-refractivity contribution in [3.63, 3.8) is 0 Å². The second kappa shape index (κ2) is 4.69. The summed E-state index contributed by atoms with van der Waals surface area (Å²) in [6.07, 6.45) is 6.44. The van der Waals surface area contributed by atoms with Crippen LogP contribution >= 0.6 is 0 Å². The molecule has 17 heavy (non-hydrogen) atoms. The maximum absolute atomic E-state index is 6.25. The summed E-state index contributed by atoms with van der Waals surface area (Å²) < 4.78 is 0. The van der Waals surface area contributed by atoms with Crippen LogP contribution in [0.15, 0.2) is 24.3 Å². The summed E-state index contributed by atoms with van der Waals surface area (Å²) in [6.45, 7) is 2.35. The summed E-state index contributed by atoms with van der Waals surface area (Å²) in [5.41, 5.74) is 9.21. The summed E-state index contributed by atoms with van der Waals surface area (Å²) in [5, 5.41) is 0. The van der Waals surface area contributed by atoms with Crippen molar-refractivity contribution in [3.05, 3.63) is 29.8 Å². The van der Waals surface area contributed by atoms with Crippen molar-refractivity contribution in [2.24, 2.45) is 11.7 Å². The lowest BCUT2D eigenvalue weighted by Crippen LogP contribution is -2.40. The number of rotatable bonds is 2. The third-order valence-corrected chi connectivity index (χ3v) is 4.41. The van der Waals surface area contributed by atoms with E-state index < -0.39 is 0 Å². The largest absolute Gasteiger partial charge is 0.371 e. The van der Waals surface area contributed by atoms with Crippen molar-refractivity contribution in [1.82, 2.24) is 0 Å². The third-order valence-electron chi connectivity index (χ3n) is 4.41. The smallest absolute Gasteiger partial charge is 0.0399 e. The van der Waals surface area contributed by atoms with E-state index in [1.165, 1.54) is 49.9 Å². The number of nitrogens with two attached hydrogens (primary N) is 1. The molecular weight excluding hydrogens is 208 g/mol. The van der Waals surface area contributed by atoms with Crippen molar-refractivity contribution < 1.29 is 0 Å². The molecule has 1 aromatic carbocycles. The highest BCUT2D eigenvalue weighted by Crippen LogP contribution is 2.31. The van der Waals surface area contributed by atoms with E-state index in [1.807, 2.05) is 0 Å². The average Bonchev–Trinajstić information content (AvgIpc) is 2.76. The quantitative estimate of drug-likeness (QED) is 0.846. The Morgan fingerprint density at radius 1 is 1.18 bits per heavy atom. The summed E-state index contributed by atoms with van der Waals surface area (Å²) in [6, 6.07) is 9.25. The van der Waals surface area contributed by atoms with E-state index in [0.29, 0.717) is 12.0 Å². The molecule has 0 radical (unpaired) electrons. The van der Waals surface area contributed by atoms with Crippen molar-refractivity contribution in [2.45, 2.75) is 38.1 Å². The predicted molar refractivity (Wildman–Crippen MR) is 72.3 cm³/mol. The van der Waals surface area contributed by atoms with E-state index in [1.54, 1.807) is 0 Å². The van der Waals surface area contributed by atoms with Gasteiger partial charge in [-0.15, -0.1) is 0 Å². The molecule has 0 saturated heterocycles. The zero-order valence-corrected chi connectivity index (χ0v) is 10.4. The highest BCUT2D eigenvalue weighted by Gasteiger charge is 2.26. The minimum absolute atomic E-state index is 0.427. The molecule has 1 fully saturated rings. The molecule has 2 heteroatoms. The highest BCUT2D eigenvalue weighted by atomic mass is 15.1. The Hall–Kier alpha value is -1.02. The van der Waals surface area contributed by atoms with Crippen LogP contribution < -0.4 is 10.6 Å². The minimum Gasteiger partial charge on any atom is -0.371 e. The first-order valence-electron chi connectivity index (χ1n) is 6.93. The average molecular weight is 230 g/mol. The number of para-hydroxylation sites is 1. The molecule has 2 unspecified atom stereocenters. The summed E-state index contributed by atoms with van der Waals surface area (Å²) in [4.78, 5) is 2.55. The molecule has 2 nitrogen and oxygen atoms in total. The van der Waals surface area contributed by atoms with Gasteiger partial charge in [0.1, 0.15) is 0 Å². The summed E-state index contributed by atoms with van der Waals surface area (Å²) in [7, 11) is 0. The van der Waals surface area contributed by atoms with E-state index in [4.69, 9.17) is 5.73 Å². The van der Waals surface area contributed by atoms with Gasteiger partial charge < -0.3 is 10.6 Å². The molecule has 0 aromatic heterocycles. The van der Waals surface area contributed by atoms with Gasteiger partial charge in [0.15, 0.2) is 0 Å². The van der Waals surface area contributed by atoms with Gasteiger partial charge in [-0.2, -0.15) is 0 Å². The Morgan fingerprint density at radius 2 is 2.00 bits per heavy atom. The first kappa shape index (κ1) is 11.1. The Kier molecular flexibility index (Phi) is 3.06. The van der Waals surface area contributed by atoms with Gasteiger partial charge in [-0.1, -0.05) is 31.0 Å². The third kappa shape index (κ3) is 2.19. The van der Waals surface area contributed by atoms with Gasteiger partial charge in [-0.25, -0.2) is 0 Å². The molecule has 2 aliphatic rings. The Labute approximate surface area is 104 Å². The fourth-order valence-electron chi connectivity index (χ4n) is 3.34. The van der Waals surface area contributed by atoms with Crippen LogP contribution in [0.4, 0.5) is 5.69 Å². The van der Waals surface area contributed by atoms with Gasteiger partial charge >= 0.3 is 0 Å². The SMILES string of the molecule is NC1CCCCC1CN1CCc2ccccc21. The molecule has 1 saturated carbocycles. The van der Waals surface area contributed by atoms with E-state index in [-0.39, 0.29) is 0 Å². The van der Waals surface area contributed by atoms with Crippen LogP contribution in [0.3, 0.4) is 0 Å². The molecule has 0 spiro atoms. The lowest BCUT2D eigenvalue weighted by molar-refractivity contribution is 0.310. The fourth-order valence-corrected chi connectivity index (χ4v) is 3.34. The van der Waals surface area contributed by atoms with Gasteiger partial charge in [-0.05, 0) is 36.8 Å². The first-order chi connectivity index (χ1) is 8.34. The van der Waals surface area contributed by atoms with Gasteiger partial charge in [-0.3, -0.25) is 0 Å². The molecule has 3 rings (SSSR count). The minimum atomic E-state index is 0.427. The van der Waals surface area contributed by atoms with Gasteiger partial charge in [0.2, 0.25) is 0 Å². The zero-order valence-electron chi connectivity index (χ0n) is 10.4. The topological polar surface area (TPSA) is 29.3 Å². The van der Waals surface area contributed by atoms with E-state index in [9.17, 15) is 0 Å². The van der Waals surface area contributed by atoms with Crippen LogP contribution in [-0.4, -0.2) is 19.1 Å². The van der Waals surface area contributed by atoms with E-state index in [2.05, 4.69) is 29.2 Å². The molecule has 1 aliphatic heterocycles. The van der Waals surface area contributed by atoms with Crippen molar-refractivity contribution in [1.29, 1.82) is 0 Å². The summed E-state index contributed by atoms with van der Waals surface area (Å²) in [5.74, 6) is 0.704. The highest BCUT2D eigenvalue weighted by molar-refractivity contribution is 5.57. The molecule has 2 atom stereocenters. The van der Waals surface area contributed by atoms with Gasteiger partial charge in [0.25, 0.3) is 0 Å². The van der Waals surface area contributed by atoms with Crippen LogP contribution in [0.1, 0.15) is 31.2 Å². The fraction of sp³-hybridized carbons (Fsp3) is 0.600. The number of anilines is 1. The van der Waals surface area contributed by atoms with Crippen LogP contribution in [-0.2, 0) is 6.42 Å². The zero-order chi connectivity index (χ0) is 11.7. The number of hydrogen-bond donors (Lipinski definition) is 1. The Balaban J connectivity index is 1.70. The molecule has 0 bridgehead atoms. The standard InChI is InChI=1S/C15H22N2/c16-14-7-3-1-6-13(14)11-17-10-9-12-5-2-4-8-15(12)17/h2,4-5,8,13-14H,1,3,6-7,9-11,16H2. The molecule has 2 N–H and O–H groups in total. The predicted octanol–water partition coefficient (Wildman–Crippen LogP) is 2.57. The van der Waals surface area contributed by atoms with Gasteiger partial charge in [0.05, 0.1) is 0 Å². The van der Waals surface area contributed by atoms with Crippen LogP contribution in [0.25, 0.3) is 0 Å². The Morgan fingerprint density at radius 3 is 2.88 bits per heavy atom. The maximum Gasteiger partial charge on any atom is 0.0399 e. The molecule has 1 heterocycles. The molecule has 0 amide bonds. The van der Waals surface area contributed by atoms with Crippen LogP contribution in [0.2, 0.25) is 0 Å². The maximum atomic E-state index is 6.25. The molecule has 1 aromatic rings. The number of benzene rings is 1. The molecule has 92 valence electrons. The monoisotopic (exact) mass is 230 g/mol. The van der Waals surface area contributed by atoms with E-state index >= 15 is 0 Å². The normalized spacial score (nSPS) is 28.2. The molecule has 1 aliphatic carbocycles. The lowest BCUT2D eigenvalue weighted by atomic mass is 9.85. The Bertz CT molecular complexity index is 388. The molecular formula is C15H22N2. The van der Waals surface area contributed by atoms with E-state index in [0.717, 1.165) is 6.54 Å². The first-order valence-corrected chi connectivity index (χ1v) is 6.93.